The van der Waals surface area contributed by atoms with E-state index >= 15 is 0 Å². The molecule has 4 bridgehead atoms. The summed E-state index contributed by atoms with van der Waals surface area (Å²) in [5.41, 5.74) is 0.376. The summed E-state index contributed by atoms with van der Waals surface area (Å²) in [4.78, 5) is 11.4. The number of ether oxygens (including phenoxy) is 1. The van der Waals surface area contributed by atoms with Crippen molar-refractivity contribution >= 4 is 18.4 Å². The van der Waals surface area contributed by atoms with Gasteiger partial charge in [0, 0.05) is 12.1 Å². The predicted octanol–water partition coefficient (Wildman–Crippen LogP) is 2.92. The fraction of sp³-hybridized carbons (Fsp3) is 0.933. The molecule has 4 aliphatic rings. The lowest BCUT2D eigenvalue weighted by atomic mass is 9.53. The van der Waals surface area contributed by atoms with Gasteiger partial charge in [-0.2, -0.15) is 0 Å². The van der Waals surface area contributed by atoms with Crippen molar-refractivity contribution in [3.8, 4) is 0 Å². The van der Waals surface area contributed by atoms with Gasteiger partial charge in [0.05, 0.1) is 13.0 Å². The second-order valence-corrected chi connectivity index (χ2v) is 6.68. The molecule has 0 atom stereocenters. The molecule has 0 aromatic heterocycles. The lowest BCUT2D eigenvalue weighted by Gasteiger charge is -2.57. The Morgan fingerprint density at radius 3 is 2.16 bits per heavy atom. The highest BCUT2D eigenvalue weighted by Crippen LogP contribution is 2.55. The van der Waals surface area contributed by atoms with Crippen LogP contribution >= 0.6 is 12.4 Å². The van der Waals surface area contributed by atoms with Crippen LogP contribution in [0.3, 0.4) is 0 Å². The van der Waals surface area contributed by atoms with Crippen molar-refractivity contribution in [3.05, 3.63) is 0 Å². The predicted molar refractivity (Wildman–Crippen MR) is 77.4 cm³/mol. The minimum atomic E-state index is -0.0604. The molecule has 0 unspecified atom stereocenters. The molecular formula is C15H26ClNO2. The van der Waals surface area contributed by atoms with Crippen molar-refractivity contribution in [2.75, 3.05) is 13.2 Å². The molecule has 0 amide bonds. The first-order chi connectivity index (χ1) is 8.69. The van der Waals surface area contributed by atoms with Crippen LogP contribution in [0.4, 0.5) is 0 Å². The number of halogens is 1. The van der Waals surface area contributed by atoms with Gasteiger partial charge in [-0.05, 0) is 63.2 Å². The third-order valence-electron chi connectivity index (χ3n) is 5.17. The van der Waals surface area contributed by atoms with E-state index in [1.165, 1.54) is 38.5 Å². The average molecular weight is 288 g/mol. The largest absolute Gasteiger partial charge is 0.466 e. The Balaban J connectivity index is 0.00000133. The summed E-state index contributed by atoms with van der Waals surface area (Å²) in [6, 6.07) is 0. The molecule has 0 saturated heterocycles. The maximum absolute atomic E-state index is 11.4. The topological polar surface area (TPSA) is 38.3 Å². The Labute approximate surface area is 122 Å². The first-order valence-corrected chi connectivity index (χ1v) is 7.60. The Morgan fingerprint density at radius 1 is 1.16 bits per heavy atom. The van der Waals surface area contributed by atoms with E-state index in [9.17, 15) is 4.79 Å². The average Bonchev–Trinajstić information content (AvgIpc) is 2.26. The number of carbonyl (C=O) groups is 1. The molecule has 3 nitrogen and oxygen atoms in total. The zero-order chi connectivity index (χ0) is 12.6. The van der Waals surface area contributed by atoms with E-state index in [1.54, 1.807) is 0 Å². The minimum Gasteiger partial charge on any atom is -0.466 e. The SMILES string of the molecule is CCOC(=O)CCNC12CC3CC(CC(C3)C1)C2.Cl. The molecule has 0 aliphatic heterocycles. The van der Waals surface area contributed by atoms with Crippen molar-refractivity contribution in [1.82, 2.24) is 5.32 Å². The van der Waals surface area contributed by atoms with E-state index in [2.05, 4.69) is 5.32 Å². The van der Waals surface area contributed by atoms with Crippen molar-refractivity contribution in [1.29, 1.82) is 0 Å². The standard InChI is InChI=1S/C15H25NO2.ClH/c1-2-18-14(17)3-4-16-15-8-11-5-12(9-15)7-13(6-11)10-15;/h11-13,16H,2-10H2,1H3;1H. The molecular weight excluding hydrogens is 262 g/mol. The lowest BCUT2D eigenvalue weighted by molar-refractivity contribution is -0.143. The van der Waals surface area contributed by atoms with E-state index in [-0.39, 0.29) is 18.4 Å². The van der Waals surface area contributed by atoms with Crippen LogP contribution in [0.2, 0.25) is 0 Å². The molecule has 0 aromatic rings. The van der Waals surface area contributed by atoms with Crippen LogP contribution in [-0.4, -0.2) is 24.7 Å². The highest BCUT2D eigenvalue weighted by atomic mass is 35.5. The molecule has 0 spiro atoms. The van der Waals surface area contributed by atoms with Crippen molar-refractivity contribution in [3.63, 3.8) is 0 Å². The zero-order valence-electron chi connectivity index (χ0n) is 11.8. The smallest absolute Gasteiger partial charge is 0.307 e. The number of carbonyl (C=O) groups excluding carboxylic acids is 1. The zero-order valence-corrected chi connectivity index (χ0v) is 12.6. The van der Waals surface area contributed by atoms with Gasteiger partial charge in [-0.3, -0.25) is 4.79 Å². The molecule has 4 aliphatic carbocycles. The Hall–Kier alpha value is -0.280. The number of hydrogen-bond acceptors (Lipinski definition) is 3. The first kappa shape index (κ1) is 15.1. The summed E-state index contributed by atoms with van der Waals surface area (Å²) in [7, 11) is 0. The highest BCUT2D eigenvalue weighted by Gasteiger charge is 2.50. The van der Waals surface area contributed by atoms with Gasteiger partial charge >= 0.3 is 5.97 Å². The van der Waals surface area contributed by atoms with Crippen LogP contribution in [0.15, 0.2) is 0 Å². The molecule has 0 radical (unpaired) electrons. The molecule has 0 aromatic carbocycles. The van der Waals surface area contributed by atoms with Gasteiger partial charge in [0.25, 0.3) is 0 Å². The van der Waals surface area contributed by atoms with Gasteiger partial charge in [-0.25, -0.2) is 0 Å². The van der Waals surface area contributed by atoms with Gasteiger partial charge in [-0.1, -0.05) is 0 Å². The van der Waals surface area contributed by atoms with E-state index < -0.39 is 0 Å². The molecule has 4 rings (SSSR count). The summed E-state index contributed by atoms with van der Waals surface area (Å²) in [5.74, 6) is 2.83. The van der Waals surface area contributed by atoms with Gasteiger partial charge < -0.3 is 10.1 Å². The molecule has 19 heavy (non-hydrogen) atoms. The maximum Gasteiger partial charge on any atom is 0.307 e. The second kappa shape index (κ2) is 6.01. The maximum atomic E-state index is 11.4. The fourth-order valence-corrected chi connectivity index (χ4v) is 4.99. The van der Waals surface area contributed by atoms with Crippen LogP contribution in [0.5, 0.6) is 0 Å². The van der Waals surface area contributed by atoms with Crippen LogP contribution in [0, 0.1) is 17.8 Å². The third-order valence-corrected chi connectivity index (χ3v) is 5.17. The van der Waals surface area contributed by atoms with E-state index in [1.807, 2.05) is 6.92 Å². The summed E-state index contributed by atoms with van der Waals surface area (Å²) in [5, 5.41) is 3.72. The third kappa shape index (κ3) is 3.25. The summed E-state index contributed by atoms with van der Waals surface area (Å²) >= 11 is 0. The Kier molecular flexibility index (Phi) is 4.78. The highest BCUT2D eigenvalue weighted by molar-refractivity contribution is 5.85. The monoisotopic (exact) mass is 287 g/mol. The second-order valence-electron chi connectivity index (χ2n) is 6.68. The fourth-order valence-electron chi connectivity index (χ4n) is 4.99. The molecule has 110 valence electrons. The Morgan fingerprint density at radius 2 is 1.68 bits per heavy atom. The molecule has 0 heterocycles. The molecule has 1 N–H and O–H groups in total. The van der Waals surface area contributed by atoms with Crippen LogP contribution in [-0.2, 0) is 9.53 Å². The quantitative estimate of drug-likeness (QED) is 0.790. The number of hydrogen-bond donors (Lipinski definition) is 1. The van der Waals surface area contributed by atoms with Gasteiger partial charge in [0.2, 0.25) is 0 Å². The van der Waals surface area contributed by atoms with E-state index in [0.29, 0.717) is 18.6 Å². The molecule has 4 saturated carbocycles. The van der Waals surface area contributed by atoms with Crippen molar-refractivity contribution in [2.24, 2.45) is 17.8 Å². The normalized spacial score (nSPS) is 38.9. The van der Waals surface area contributed by atoms with Crippen molar-refractivity contribution < 1.29 is 9.53 Å². The van der Waals surface area contributed by atoms with Gasteiger partial charge in [-0.15, -0.1) is 12.4 Å². The van der Waals surface area contributed by atoms with Crippen LogP contribution in [0.25, 0.3) is 0 Å². The summed E-state index contributed by atoms with van der Waals surface area (Å²) < 4.78 is 4.98. The lowest BCUT2D eigenvalue weighted by Crippen LogP contribution is -2.58. The molecule has 4 heteroatoms. The van der Waals surface area contributed by atoms with E-state index in [4.69, 9.17) is 4.74 Å². The Bertz CT molecular complexity index is 297. The van der Waals surface area contributed by atoms with Crippen LogP contribution in [0.1, 0.15) is 51.9 Å². The number of esters is 1. The van der Waals surface area contributed by atoms with Crippen molar-refractivity contribution in [2.45, 2.75) is 57.4 Å². The van der Waals surface area contributed by atoms with Gasteiger partial charge in [0.15, 0.2) is 0 Å². The summed E-state index contributed by atoms with van der Waals surface area (Å²) in [6.07, 6.45) is 8.98. The summed E-state index contributed by atoms with van der Waals surface area (Å²) in [6.45, 7) is 3.16. The van der Waals surface area contributed by atoms with E-state index in [0.717, 1.165) is 24.3 Å². The van der Waals surface area contributed by atoms with Crippen LogP contribution < -0.4 is 5.32 Å². The first-order valence-electron chi connectivity index (χ1n) is 7.60. The number of rotatable bonds is 5. The van der Waals surface area contributed by atoms with Gasteiger partial charge in [0.1, 0.15) is 0 Å². The molecule has 4 fully saturated rings. The minimum absolute atomic E-state index is 0. The number of nitrogens with one attached hydrogen (secondary N) is 1.